The minimum Gasteiger partial charge on any atom is -0.309 e. The Balaban J connectivity index is 1.21. The van der Waals surface area contributed by atoms with Gasteiger partial charge in [-0.1, -0.05) is 109 Å². The molecule has 5 heteroatoms. The van der Waals surface area contributed by atoms with Crippen LogP contribution in [0.5, 0.6) is 0 Å². The van der Waals surface area contributed by atoms with E-state index in [1.165, 1.54) is 27.1 Å². The number of hydrogen-bond donors (Lipinski definition) is 0. The summed E-state index contributed by atoms with van der Waals surface area (Å²) in [6.45, 7) is 0. The third kappa shape index (κ3) is 4.78. The van der Waals surface area contributed by atoms with Crippen LogP contribution in [0.4, 0.5) is 0 Å². The summed E-state index contributed by atoms with van der Waals surface area (Å²) < 4.78 is 4.73. The normalized spacial score (nSPS) is 11.4. The predicted molar refractivity (Wildman–Crippen MR) is 212 cm³/mol. The molecule has 10 rings (SSSR count). The van der Waals surface area contributed by atoms with E-state index in [4.69, 9.17) is 9.97 Å². The molecule has 0 bridgehead atoms. The number of rotatable bonds is 5. The molecule has 0 aliphatic carbocycles. The summed E-state index contributed by atoms with van der Waals surface area (Å²) in [5.41, 5.74) is 11.7. The summed E-state index contributed by atoms with van der Waals surface area (Å²) in [6, 6.07) is 63.1. The molecule has 0 spiro atoms. The average Bonchev–Trinajstić information content (AvgIpc) is 3.72. The first-order chi connectivity index (χ1) is 25.7. The van der Waals surface area contributed by atoms with Gasteiger partial charge in [0, 0.05) is 49.6 Å². The minimum atomic E-state index is 0.590. The van der Waals surface area contributed by atoms with E-state index < -0.39 is 0 Å². The van der Waals surface area contributed by atoms with Crippen molar-refractivity contribution >= 4 is 43.6 Å². The van der Waals surface area contributed by atoms with Gasteiger partial charge in [0.1, 0.15) is 0 Å². The third-order valence-electron chi connectivity index (χ3n) is 9.93. The van der Waals surface area contributed by atoms with Crippen LogP contribution >= 0.6 is 0 Å². The molecular formula is C47H29N5. The van der Waals surface area contributed by atoms with Gasteiger partial charge in [-0.05, 0) is 66.7 Å². The number of nitriles is 1. The molecule has 0 aliphatic rings. The highest BCUT2D eigenvalue weighted by Crippen LogP contribution is 2.40. The Bertz CT molecular complexity index is 3020. The summed E-state index contributed by atoms with van der Waals surface area (Å²) in [7, 11) is 0. The maximum absolute atomic E-state index is 9.63. The molecule has 3 heterocycles. The van der Waals surface area contributed by atoms with Crippen LogP contribution in [-0.2, 0) is 0 Å². The molecule has 10 aromatic rings. The van der Waals surface area contributed by atoms with Crippen LogP contribution in [0.1, 0.15) is 5.56 Å². The van der Waals surface area contributed by atoms with Gasteiger partial charge in [-0.15, -0.1) is 0 Å². The van der Waals surface area contributed by atoms with Crippen molar-refractivity contribution in [2.45, 2.75) is 0 Å². The number of hydrogen-bond acceptors (Lipinski definition) is 3. The van der Waals surface area contributed by atoms with Crippen molar-refractivity contribution in [3.63, 3.8) is 0 Å². The Morgan fingerprint density at radius 1 is 0.385 bits per heavy atom. The fourth-order valence-electron chi connectivity index (χ4n) is 7.58. The Kier molecular flexibility index (Phi) is 6.80. The van der Waals surface area contributed by atoms with Crippen molar-refractivity contribution < 1.29 is 0 Å². The molecule has 242 valence electrons. The van der Waals surface area contributed by atoms with Crippen LogP contribution < -0.4 is 0 Å². The fourth-order valence-corrected chi connectivity index (χ4v) is 7.58. The van der Waals surface area contributed by atoms with Gasteiger partial charge in [0.05, 0.1) is 45.1 Å². The molecule has 0 saturated carbocycles. The molecule has 0 unspecified atom stereocenters. The Hall–Kier alpha value is -7.29. The quantitative estimate of drug-likeness (QED) is 0.184. The molecule has 3 aromatic heterocycles. The van der Waals surface area contributed by atoms with Gasteiger partial charge in [-0.3, -0.25) is 0 Å². The van der Waals surface area contributed by atoms with Gasteiger partial charge < -0.3 is 9.13 Å². The minimum absolute atomic E-state index is 0.590. The second kappa shape index (κ2) is 11.9. The van der Waals surface area contributed by atoms with Gasteiger partial charge in [0.15, 0.2) is 5.82 Å². The molecule has 0 fully saturated rings. The van der Waals surface area contributed by atoms with Gasteiger partial charge in [0.2, 0.25) is 0 Å². The maximum Gasteiger partial charge on any atom is 0.160 e. The molecule has 0 aliphatic heterocycles. The van der Waals surface area contributed by atoms with Gasteiger partial charge in [-0.25, -0.2) is 9.97 Å². The number of para-hydroxylation sites is 3. The van der Waals surface area contributed by atoms with Crippen molar-refractivity contribution in [2.24, 2.45) is 0 Å². The SMILES string of the molecule is N#Cc1cccc(-c2cc(-c3ccccc3)nc(-c3cccc(-n4c5ccccc5c5cc6c7ccccc7n(-c7ccccc7)c6cc54)c3)n2)c1. The highest BCUT2D eigenvalue weighted by atomic mass is 15.0. The monoisotopic (exact) mass is 663 g/mol. The standard InChI is InChI=1S/C47H29N5/c48-30-31-13-11-16-33(25-31)42-28-41(32-14-3-1-4-15-32)49-47(50-42)34-17-12-20-36(26-34)52-44-24-10-8-22-38(44)40-27-39-37-21-7-9-23-43(37)51(45(39)29-46(40)52)35-18-5-2-6-19-35/h1-29H. The fraction of sp³-hybridized carbons (Fsp3) is 0. The van der Waals surface area contributed by atoms with E-state index in [1.807, 2.05) is 48.5 Å². The molecule has 52 heavy (non-hydrogen) atoms. The third-order valence-corrected chi connectivity index (χ3v) is 9.93. The summed E-state index contributed by atoms with van der Waals surface area (Å²) in [5, 5.41) is 14.5. The lowest BCUT2D eigenvalue weighted by Gasteiger charge is -2.12. The van der Waals surface area contributed by atoms with Crippen molar-refractivity contribution in [3.05, 3.63) is 181 Å². The zero-order valence-corrected chi connectivity index (χ0v) is 28.0. The van der Waals surface area contributed by atoms with Crippen molar-refractivity contribution in [1.82, 2.24) is 19.1 Å². The zero-order chi connectivity index (χ0) is 34.6. The first-order valence-electron chi connectivity index (χ1n) is 17.3. The van der Waals surface area contributed by atoms with E-state index >= 15 is 0 Å². The molecule has 0 atom stereocenters. The van der Waals surface area contributed by atoms with Crippen LogP contribution in [0.15, 0.2) is 176 Å². The Morgan fingerprint density at radius 3 is 1.62 bits per heavy atom. The zero-order valence-electron chi connectivity index (χ0n) is 28.0. The lowest BCUT2D eigenvalue weighted by Crippen LogP contribution is -1.98. The largest absolute Gasteiger partial charge is 0.309 e. The van der Waals surface area contributed by atoms with Crippen LogP contribution in [0.2, 0.25) is 0 Å². The first kappa shape index (κ1) is 29.6. The number of nitrogens with zero attached hydrogens (tertiary/aromatic N) is 5. The number of benzene rings is 7. The molecule has 0 radical (unpaired) electrons. The molecule has 5 nitrogen and oxygen atoms in total. The highest BCUT2D eigenvalue weighted by Gasteiger charge is 2.19. The molecule has 7 aromatic carbocycles. The van der Waals surface area contributed by atoms with E-state index in [-0.39, 0.29) is 0 Å². The van der Waals surface area contributed by atoms with E-state index in [0.717, 1.165) is 56.0 Å². The van der Waals surface area contributed by atoms with E-state index in [0.29, 0.717) is 11.4 Å². The van der Waals surface area contributed by atoms with Crippen LogP contribution in [-0.4, -0.2) is 19.1 Å². The molecular weight excluding hydrogens is 635 g/mol. The van der Waals surface area contributed by atoms with Crippen LogP contribution in [0, 0.1) is 11.3 Å². The number of aromatic nitrogens is 4. The molecule has 0 saturated heterocycles. The summed E-state index contributed by atoms with van der Waals surface area (Å²) >= 11 is 0. The van der Waals surface area contributed by atoms with Crippen LogP contribution in [0.3, 0.4) is 0 Å². The van der Waals surface area contributed by atoms with Gasteiger partial charge in [0.25, 0.3) is 0 Å². The maximum atomic E-state index is 9.63. The Labute approximate surface area is 299 Å². The number of fused-ring (bicyclic) bond motifs is 6. The second-order valence-corrected chi connectivity index (χ2v) is 13.0. The van der Waals surface area contributed by atoms with Crippen molar-refractivity contribution in [1.29, 1.82) is 5.26 Å². The predicted octanol–water partition coefficient (Wildman–Crippen LogP) is 11.5. The van der Waals surface area contributed by atoms with Gasteiger partial charge in [-0.2, -0.15) is 5.26 Å². The van der Waals surface area contributed by atoms with Crippen LogP contribution in [0.25, 0.3) is 88.9 Å². The lowest BCUT2D eigenvalue weighted by molar-refractivity contribution is 1.15. The summed E-state index contributed by atoms with van der Waals surface area (Å²) in [5.74, 6) is 0.618. The second-order valence-electron chi connectivity index (χ2n) is 13.0. The molecule has 0 N–H and O–H groups in total. The topological polar surface area (TPSA) is 59.4 Å². The first-order valence-corrected chi connectivity index (χ1v) is 17.3. The highest BCUT2D eigenvalue weighted by molar-refractivity contribution is 6.19. The van der Waals surface area contributed by atoms with E-state index in [2.05, 4.69) is 143 Å². The van der Waals surface area contributed by atoms with Crippen molar-refractivity contribution in [3.8, 4) is 51.3 Å². The van der Waals surface area contributed by atoms with E-state index in [1.54, 1.807) is 0 Å². The Morgan fingerprint density at radius 2 is 0.923 bits per heavy atom. The average molecular weight is 664 g/mol. The summed E-state index contributed by atoms with van der Waals surface area (Å²) in [4.78, 5) is 10.2. The smallest absolute Gasteiger partial charge is 0.160 e. The van der Waals surface area contributed by atoms with Gasteiger partial charge >= 0.3 is 0 Å². The van der Waals surface area contributed by atoms with E-state index in [9.17, 15) is 5.26 Å². The van der Waals surface area contributed by atoms with Crippen molar-refractivity contribution in [2.75, 3.05) is 0 Å². The summed E-state index contributed by atoms with van der Waals surface area (Å²) in [6.07, 6.45) is 0. The molecule has 0 amide bonds. The lowest BCUT2D eigenvalue weighted by atomic mass is 10.0.